The predicted octanol–water partition coefficient (Wildman–Crippen LogP) is 3.62. The zero-order valence-electron chi connectivity index (χ0n) is 12.5. The van der Waals surface area contributed by atoms with Crippen molar-refractivity contribution in [3.63, 3.8) is 0 Å². The topological polar surface area (TPSA) is 23.5 Å². The Morgan fingerprint density at radius 2 is 1.79 bits per heavy atom. The van der Waals surface area contributed by atoms with Crippen LogP contribution in [-0.4, -0.2) is 29.1 Å². The Labute approximate surface area is 117 Å². The van der Waals surface area contributed by atoms with E-state index in [1.807, 2.05) is 30.3 Å². The van der Waals surface area contributed by atoms with Crippen molar-refractivity contribution in [1.29, 1.82) is 0 Å². The molecular weight excluding hydrogens is 234 g/mol. The second-order valence-electron chi connectivity index (χ2n) is 6.65. The Morgan fingerprint density at radius 3 is 2.47 bits per heavy atom. The fourth-order valence-electron chi connectivity index (χ4n) is 2.98. The van der Waals surface area contributed by atoms with Crippen LogP contribution in [0.4, 0.5) is 0 Å². The van der Waals surface area contributed by atoms with Gasteiger partial charge in [0.15, 0.2) is 0 Å². The summed E-state index contributed by atoms with van der Waals surface area (Å²) in [6, 6.07) is 10.2. The van der Waals surface area contributed by atoms with Gasteiger partial charge in [-0.1, -0.05) is 44.2 Å². The van der Waals surface area contributed by atoms with Crippen molar-refractivity contribution >= 4 is 0 Å². The number of aliphatic hydroxyl groups excluding tert-OH is 1. The summed E-state index contributed by atoms with van der Waals surface area (Å²) in [5.74, 6) is 0. The molecule has 1 aromatic carbocycles. The molecule has 0 bridgehead atoms. The van der Waals surface area contributed by atoms with E-state index in [0.29, 0.717) is 5.41 Å². The second-order valence-corrected chi connectivity index (χ2v) is 6.65. The lowest BCUT2D eigenvalue weighted by Crippen LogP contribution is -2.38. The van der Waals surface area contributed by atoms with Gasteiger partial charge in [0, 0.05) is 6.04 Å². The molecule has 1 fully saturated rings. The van der Waals surface area contributed by atoms with E-state index in [1.165, 1.54) is 19.3 Å². The molecule has 2 unspecified atom stereocenters. The van der Waals surface area contributed by atoms with Gasteiger partial charge in [0.2, 0.25) is 0 Å². The molecule has 1 saturated heterocycles. The highest BCUT2D eigenvalue weighted by molar-refractivity contribution is 5.18. The summed E-state index contributed by atoms with van der Waals surface area (Å²) in [6.45, 7) is 9.06. The zero-order valence-corrected chi connectivity index (χ0v) is 12.5. The standard InChI is InChI=1S/C17H27NO/c1-14(16(19)15-8-5-4-6-9-15)18-12-7-10-17(2,3)11-13-18/h4-6,8-9,14,16,19H,7,10-13H2,1-3H3. The fourth-order valence-corrected chi connectivity index (χ4v) is 2.98. The first-order valence-electron chi connectivity index (χ1n) is 7.47. The molecular formula is C17H27NO. The van der Waals surface area contributed by atoms with Crippen molar-refractivity contribution in [2.24, 2.45) is 5.41 Å². The summed E-state index contributed by atoms with van der Waals surface area (Å²) in [5.41, 5.74) is 1.48. The third-order valence-electron chi connectivity index (χ3n) is 4.55. The molecule has 2 rings (SSSR count). The summed E-state index contributed by atoms with van der Waals surface area (Å²) in [7, 11) is 0. The number of likely N-dealkylation sites (tertiary alicyclic amines) is 1. The molecule has 0 aromatic heterocycles. The van der Waals surface area contributed by atoms with E-state index < -0.39 is 0 Å². The first-order valence-corrected chi connectivity index (χ1v) is 7.47. The Hall–Kier alpha value is -0.860. The molecule has 1 aliphatic rings. The summed E-state index contributed by atoms with van der Waals surface area (Å²) < 4.78 is 0. The van der Waals surface area contributed by atoms with Crippen molar-refractivity contribution in [2.45, 2.75) is 52.2 Å². The van der Waals surface area contributed by atoms with E-state index in [0.717, 1.165) is 18.7 Å². The zero-order chi connectivity index (χ0) is 13.9. The molecule has 1 aliphatic heterocycles. The summed E-state index contributed by atoms with van der Waals surface area (Å²) in [5, 5.41) is 10.5. The smallest absolute Gasteiger partial charge is 0.0942 e. The average molecular weight is 261 g/mol. The van der Waals surface area contributed by atoms with Gasteiger partial charge in [0.1, 0.15) is 0 Å². The molecule has 2 heteroatoms. The SMILES string of the molecule is CC(C(O)c1ccccc1)N1CCCC(C)(C)CC1. The van der Waals surface area contributed by atoms with Gasteiger partial charge in [0.25, 0.3) is 0 Å². The van der Waals surface area contributed by atoms with Gasteiger partial charge in [-0.3, -0.25) is 4.90 Å². The Kier molecular flexibility index (Phi) is 4.64. The van der Waals surface area contributed by atoms with Crippen molar-refractivity contribution in [3.05, 3.63) is 35.9 Å². The van der Waals surface area contributed by atoms with Crippen LogP contribution in [0.3, 0.4) is 0 Å². The van der Waals surface area contributed by atoms with Gasteiger partial charge in [-0.05, 0) is 50.3 Å². The van der Waals surface area contributed by atoms with Gasteiger partial charge in [-0.2, -0.15) is 0 Å². The second kappa shape index (κ2) is 6.06. The third-order valence-corrected chi connectivity index (χ3v) is 4.55. The van der Waals surface area contributed by atoms with Crippen molar-refractivity contribution < 1.29 is 5.11 Å². The maximum absolute atomic E-state index is 10.5. The van der Waals surface area contributed by atoms with Crippen LogP contribution in [0.1, 0.15) is 51.7 Å². The normalized spacial score (nSPS) is 23.6. The average Bonchev–Trinajstić information content (AvgIpc) is 2.59. The molecule has 0 radical (unpaired) electrons. The van der Waals surface area contributed by atoms with Crippen LogP contribution < -0.4 is 0 Å². The lowest BCUT2D eigenvalue weighted by Gasteiger charge is -2.32. The van der Waals surface area contributed by atoms with Crippen LogP contribution in [0.25, 0.3) is 0 Å². The molecule has 1 N–H and O–H groups in total. The molecule has 0 spiro atoms. The maximum Gasteiger partial charge on any atom is 0.0942 e. The quantitative estimate of drug-likeness (QED) is 0.898. The summed E-state index contributed by atoms with van der Waals surface area (Å²) in [6.07, 6.45) is 3.36. The van der Waals surface area contributed by atoms with Crippen molar-refractivity contribution in [3.8, 4) is 0 Å². The van der Waals surface area contributed by atoms with Crippen LogP contribution >= 0.6 is 0 Å². The summed E-state index contributed by atoms with van der Waals surface area (Å²) in [4.78, 5) is 2.45. The van der Waals surface area contributed by atoms with E-state index in [1.54, 1.807) is 0 Å². The Morgan fingerprint density at radius 1 is 1.11 bits per heavy atom. The number of aliphatic hydroxyl groups is 1. The number of hydrogen-bond donors (Lipinski definition) is 1. The van der Waals surface area contributed by atoms with Crippen LogP contribution in [0.15, 0.2) is 30.3 Å². The molecule has 106 valence electrons. The van der Waals surface area contributed by atoms with Gasteiger partial charge < -0.3 is 5.11 Å². The van der Waals surface area contributed by atoms with Crippen molar-refractivity contribution in [2.75, 3.05) is 13.1 Å². The highest BCUT2D eigenvalue weighted by Gasteiger charge is 2.28. The number of hydrogen-bond acceptors (Lipinski definition) is 2. The van der Waals surface area contributed by atoms with Gasteiger partial charge in [-0.25, -0.2) is 0 Å². The summed E-state index contributed by atoms with van der Waals surface area (Å²) >= 11 is 0. The highest BCUT2D eigenvalue weighted by Crippen LogP contribution is 2.32. The largest absolute Gasteiger partial charge is 0.387 e. The molecule has 1 aromatic rings. The molecule has 0 amide bonds. The van der Waals surface area contributed by atoms with E-state index >= 15 is 0 Å². The minimum Gasteiger partial charge on any atom is -0.387 e. The molecule has 2 atom stereocenters. The molecule has 2 nitrogen and oxygen atoms in total. The number of benzene rings is 1. The number of nitrogens with zero attached hydrogens (tertiary/aromatic N) is 1. The Bertz CT molecular complexity index is 388. The molecule has 1 heterocycles. The van der Waals surface area contributed by atoms with Crippen LogP contribution in [-0.2, 0) is 0 Å². The molecule has 0 aliphatic carbocycles. The lowest BCUT2D eigenvalue weighted by molar-refractivity contribution is 0.0581. The van der Waals surface area contributed by atoms with Gasteiger partial charge in [-0.15, -0.1) is 0 Å². The first-order chi connectivity index (χ1) is 8.99. The van der Waals surface area contributed by atoms with E-state index in [-0.39, 0.29) is 12.1 Å². The fraction of sp³-hybridized carbons (Fsp3) is 0.647. The first kappa shape index (κ1) is 14.5. The van der Waals surface area contributed by atoms with Crippen LogP contribution in [0, 0.1) is 5.41 Å². The minimum atomic E-state index is -0.387. The monoisotopic (exact) mass is 261 g/mol. The van der Waals surface area contributed by atoms with Crippen molar-refractivity contribution in [1.82, 2.24) is 4.90 Å². The minimum absolute atomic E-state index is 0.191. The number of rotatable bonds is 3. The maximum atomic E-state index is 10.5. The van der Waals surface area contributed by atoms with E-state index in [9.17, 15) is 5.11 Å². The van der Waals surface area contributed by atoms with Crippen LogP contribution in [0.2, 0.25) is 0 Å². The van der Waals surface area contributed by atoms with E-state index in [2.05, 4.69) is 25.7 Å². The predicted molar refractivity (Wildman–Crippen MR) is 80.1 cm³/mol. The molecule has 0 saturated carbocycles. The van der Waals surface area contributed by atoms with Crippen LogP contribution in [0.5, 0.6) is 0 Å². The lowest BCUT2D eigenvalue weighted by atomic mass is 9.85. The Balaban J connectivity index is 2.01. The molecule has 19 heavy (non-hydrogen) atoms. The van der Waals surface area contributed by atoms with Gasteiger partial charge >= 0.3 is 0 Å². The highest BCUT2D eigenvalue weighted by atomic mass is 16.3. The van der Waals surface area contributed by atoms with Gasteiger partial charge in [0.05, 0.1) is 6.10 Å². The van der Waals surface area contributed by atoms with E-state index in [4.69, 9.17) is 0 Å². The third kappa shape index (κ3) is 3.80.